The number of rotatable bonds is 2. The molecule has 0 saturated carbocycles. The van der Waals surface area contributed by atoms with Crippen molar-refractivity contribution in [2.45, 2.75) is 25.9 Å². The molecular formula is C26H20N8O9. The van der Waals surface area contributed by atoms with E-state index in [-0.39, 0.29) is 75.4 Å². The van der Waals surface area contributed by atoms with Gasteiger partial charge in [0.2, 0.25) is 35.3 Å². The van der Waals surface area contributed by atoms with Crippen molar-refractivity contribution in [2.75, 3.05) is 6.61 Å². The number of nitrogens with one attached hydrogen (secondary N) is 2. The smallest absolute Gasteiger partial charge is 0.273 e. The van der Waals surface area contributed by atoms with Gasteiger partial charge in [-0.2, -0.15) is 0 Å². The lowest BCUT2D eigenvalue weighted by molar-refractivity contribution is 0.0896. The number of aliphatic hydroxyl groups excluding tert-OH is 1. The zero-order valence-electron chi connectivity index (χ0n) is 22.3. The maximum absolute atomic E-state index is 13.1. The summed E-state index contributed by atoms with van der Waals surface area (Å²) in [5.74, 6) is -1.01. The van der Waals surface area contributed by atoms with Crippen LogP contribution in [0.25, 0.3) is 46.3 Å². The van der Waals surface area contributed by atoms with Gasteiger partial charge < -0.3 is 42.2 Å². The normalized spacial score (nSPS) is 17.0. The van der Waals surface area contributed by atoms with E-state index in [0.29, 0.717) is 0 Å². The van der Waals surface area contributed by atoms with E-state index in [1.54, 1.807) is 0 Å². The van der Waals surface area contributed by atoms with Gasteiger partial charge in [-0.15, -0.1) is 0 Å². The molecule has 6 aromatic heterocycles. The van der Waals surface area contributed by atoms with E-state index in [1.807, 2.05) is 13.8 Å². The third-order valence-electron chi connectivity index (χ3n) is 6.41. The van der Waals surface area contributed by atoms with Crippen molar-refractivity contribution in [1.29, 1.82) is 0 Å². The van der Waals surface area contributed by atoms with Crippen LogP contribution in [-0.4, -0.2) is 53.4 Å². The Bertz CT molecular complexity index is 1940. The minimum absolute atomic E-state index is 0.00344. The fourth-order valence-electron chi connectivity index (χ4n) is 4.19. The number of hydrogen-bond donors (Lipinski definition) is 3. The first-order valence-electron chi connectivity index (χ1n) is 12.8. The summed E-state index contributed by atoms with van der Waals surface area (Å²) in [4.78, 5) is 51.8. The second kappa shape index (κ2) is 10.2. The van der Waals surface area contributed by atoms with Crippen LogP contribution in [0.1, 0.15) is 58.7 Å². The molecule has 2 atom stereocenters. The lowest BCUT2D eigenvalue weighted by Crippen LogP contribution is -2.32. The van der Waals surface area contributed by atoms with E-state index in [4.69, 9.17) is 26.5 Å². The molecule has 218 valence electrons. The van der Waals surface area contributed by atoms with Crippen molar-refractivity contribution in [3.63, 3.8) is 0 Å². The van der Waals surface area contributed by atoms with Crippen LogP contribution in [0, 0.1) is 5.92 Å². The van der Waals surface area contributed by atoms with E-state index >= 15 is 0 Å². The number of fused-ring (bicyclic) bond motifs is 16. The Morgan fingerprint density at radius 2 is 1.00 bits per heavy atom. The maximum Gasteiger partial charge on any atom is 0.273 e. The molecule has 0 spiro atoms. The summed E-state index contributed by atoms with van der Waals surface area (Å²) in [5.41, 5.74) is 0.681. The molecule has 0 radical (unpaired) electrons. The van der Waals surface area contributed by atoms with Gasteiger partial charge in [-0.1, -0.05) is 13.8 Å². The molecule has 43 heavy (non-hydrogen) atoms. The molecule has 2 unspecified atom stereocenters. The number of aromatic nitrogens is 6. The summed E-state index contributed by atoms with van der Waals surface area (Å²) >= 11 is 0. The molecule has 0 saturated heterocycles. The molecule has 7 rings (SSSR count). The minimum Gasteiger partial charge on any atom is -0.446 e. The third-order valence-corrected chi connectivity index (χ3v) is 6.41. The highest BCUT2D eigenvalue weighted by Crippen LogP contribution is 2.29. The molecule has 6 aromatic rings. The summed E-state index contributed by atoms with van der Waals surface area (Å²) in [7, 11) is 0. The number of aliphatic hydroxyl groups is 1. The molecule has 17 heteroatoms. The SMILES string of the molecule is CC(C)C1NC(=O)c2coc(n2)-c2coc(n2)-c2coc(n2)C(CO)NC(=O)c2coc(n2)-c2coc(n2)-c2coc1n2. The quantitative estimate of drug-likeness (QED) is 0.263. The Hall–Kier alpha value is -5.84. The fraction of sp³-hybridized carbons (Fsp3) is 0.231. The summed E-state index contributed by atoms with van der Waals surface area (Å²) in [6.07, 6.45) is 7.44. The Morgan fingerprint density at radius 3 is 1.51 bits per heavy atom. The van der Waals surface area contributed by atoms with E-state index in [0.717, 1.165) is 6.26 Å². The molecule has 0 fully saturated rings. The first kappa shape index (κ1) is 26.1. The van der Waals surface area contributed by atoms with Crippen molar-refractivity contribution in [1.82, 2.24) is 40.5 Å². The molecule has 1 aliphatic rings. The van der Waals surface area contributed by atoms with Crippen molar-refractivity contribution < 1.29 is 41.2 Å². The standard InChI is InChI=1S/C26H20N8O9/c1-10(2)18-26-33-17(9-43-26)25-32-14(8-42-25)22-28-12(4-38-22)19(36)27-11(3-35)21-30-16(6-40-21)24-31-15(7-41-24)23-29-13(5-39-23)20(37)34-18/h4-11,18,35H,3H2,1-2H3,(H,27,36)(H,34,37). The van der Waals surface area contributed by atoms with Gasteiger partial charge in [0.15, 0.2) is 34.2 Å². The first-order valence-corrected chi connectivity index (χ1v) is 12.8. The van der Waals surface area contributed by atoms with Crippen LogP contribution in [0.15, 0.2) is 64.1 Å². The van der Waals surface area contributed by atoms with Gasteiger partial charge in [-0.05, 0) is 5.92 Å². The first-order chi connectivity index (χ1) is 20.9. The van der Waals surface area contributed by atoms with E-state index < -0.39 is 30.5 Å². The van der Waals surface area contributed by atoms with E-state index in [9.17, 15) is 14.7 Å². The van der Waals surface area contributed by atoms with Crippen molar-refractivity contribution in [2.24, 2.45) is 5.92 Å². The van der Waals surface area contributed by atoms with Crippen LogP contribution in [0.3, 0.4) is 0 Å². The molecule has 2 amide bonds. The largest absolute Gasteiger partial charge is 0.446 e. The number of amides is 2. The van der Waals surface area contributed by atoms with E-state index in [1.165, 1.54) is 31.3 Å². The topological polar surface area (TPSA) is 235 Å². The minimum atomic E-state index is -1.04. The average Bonchev–Trinajstić information content (AvgIpc) is 3.83. The monoisotopic (exact) mass is 588 g/mol. The molecule has 12 bridgehead atoms. The molecule has 3 N–H and O–H groups in total. The lowest BCUT2D eigenvalue weighted by atomic mass is 10.0. The van der Waals surface area contributed by atoms with Gasteiger partial charge in [0, 0.05) is 0 Å². The van der Waals surface area contributed by atoms with Crippen LogP contribution >= 0.6 is 0 Å². The Kier molecular flexibility index (Phi) is 6.19. The number of carbonyl (C=O) groups excluding carboxylic acids is 2. The molecule has 0 aliphatic carbocycles. The summed E-state index contributed by atoms with van der Waals surface area (Å²) in [6.45, 7) is 3.22. The number of carbonyl (C=O) groups is 2. The summed E-state index contributed by atoms with van der Waals surface area (Å²) < 4.78 is 33.1. The van der Waals surface area contributed by atoms with Crippen LogP contribution in [0.2, 0.25) is 0 Å². The molecule has 17 nitrogen and oxygen atoms in total. The molecule has 7 heterocycles. The number of nitrogens with zero attached hydrogens (tertiary/aromatic N) is 6. The predicted octanol–water partition coefficient (Wildman–Crippen LogP) is 3.19. The van der Waals surface area contributed by atoms with Crippen LogP contribution < -0.4 is 10.6 Å². The zero-order valence-corrected chi connectivity index (χ0v) is 22.3. The number of oxazole rings is 6. The highest BCUT2D eigenvalue weighted by molar-refractivity contribution is 5.93. The van der Waals surface area contributed by atoms with Gasteiger partial charge in [-0.25, -0.2) is 29.9 Å². The van der Waals surface area contributed by atoms with Gasteiger partial charge in [-0.3, -0.25) is 9.59 Å². The molecule has 0 aromatic carbocycles. The fourth-order valence-corrected chi connectivity index (χ4v) is 4.19. The summed E-state index contributed by atoms with van der Waals surface area (Å²) in [6, 6.07) is -1.68. The van der Waals surface area contributed by atoms with Gasteiger partial charge in [0.1, 0.15) is 49.7 Å². The van der Waals surface area contributed by atoms with Crippen molar-refractivity contribution in [3.8, 4) is 46.3 Å². The van der Waals surface area contributed by atoms with Crippen molar-refractivity contribution >= 4 is 11.8 Å². The van der Waals surface area contributed by atoms with Crippen LogP contribution in [0.4, 0.5) is 0 Å². The predicted molar refractivity (Wildman–Crippen MR) is 137 cm³/mol. The zero-order chi connectivity index (χ0) is 29.7. The number of hydrogen-bond acceptors (Lipinski definition) is 15. The second-order valence-electron chi connectivity index (χ2n) is 9.70. The van der Waals surface area contributed by atoms with Crippen LogP contribution in [0.5, 0.6) is 0 Å². The van der Waals surface area contributed by atoms with Gasteiger partial charge in [0.05, 0.1) is 6.61 Å². The molecule has 1 aliphatic heterocycles. The highest BCUT2D eigenvalue weighted by atomic mass is 16.4. The van der Waals surface area contributed by atoms with Gasteiger partial charge >= 0.3 is 0 Å². The second-order valence-corrected chi connectivity index (χ2v) is 9.70. The average molecular weight is 588 g/mol. The summed E-state index contributed by atoms with van der Waals surface area (Å²) in [5, 5.41) is 15.3. The lowest BCUT2D eigenvalue weighted by Gasteiger charge is -2.18. The van der Waals surface area contributed by atoms with E-state index in [2.05, 4.69) is 40.5 Å². The Labute approximate surface area is 239 Å². The Balaban J connectivity index is 1.28. The van der Waals surface area contributed by atoms with Crippen LogP contribution in [-0.2, 0) is 0 Å². The molecular weight excluding hydrogens is 568 g/mol. The third kappa shape index (κ3) is 4.76. The Morgan fingerprint density at radius 1 is 0.605 bits per heavy atom. The maximum atomic E-state index is 13.1. The highest BCUT2D eigenvalue weighted by Gasteiger charge is 2.28. The van der Waals surface area contributed by atoms with Gasteiger partial charge in [0.25, 0.3) is 11.8 Å². The van der Waals surface area contributed by atoms with Crippen molar-refractivity contribution in [3.05, 3.63) is 60.7 Å².